The van der Waals surface area contributed by atoms with Crippen LogP contribution in [0.3, 0.4) is 0 Å². The van der Waals surface area contributed by atoms with Crippen LogP contribution < -0.4 is 11.3 Å². The highest BCUT2D eigenvalue weighted by molar-refractivity contribution is 9.10. The lowest BCUT2D eigenvalue weighted by Crippen LogP contribution is -2.29. The molecule has 2 aromatic heterocycles. The number of ether oxygens (including phenoxy) is 1. The molecule has 0 saturated carbocycles. The Labute approximate surface area is 163 Å². The third-order valence-electron chi connectivity index (χ3n) is 4.65. The van der Waals surface area contributed by atoms with E-state index in [2.05, 4.69) is 25.9 Å². The minimum atomic E-state index is -0.348. The molecule has 8 nitrogen and oxygen atoms in total. The number of nitrogen functional groups attached to an aromatic ring is 1. The number of imidazole rings is 1. The summed E-state index contributed by atoms with van der Waals surface area (Å²) >= 11 is 3.34. The average Bonchev–Trinajstić information content (AvgIpc) is 3.25. The Morgan fingerprint density at radius 1 is 1.37 bits per heavy atom. The zero-order valence-corrected chi connectivity index (χ0v) is 16.0. The first-order valence-corrected chi connectivity index (χ1v) is 9.34. The first-order chi connectivity index (χ1) is 13.0. The van der Waals surface area contributed by atoms with Crippen molar-refractivity contribution in [2.45, 2.75) is 18.9 Å². The Morgan fingerprint density at radius 2 is 2.15 bits per heavy atom. The second-order valence-corrected chi connectivity index (χ2v) is 7.24. The number of nitrogens with zero attached hydrogens (tertiary/aromatic N) is 3. The van der Waals surface area contributed by atoms with Gasteiger partial charge >= 0.3 is 6.09 Å². The number of anilines is 1. The number of halogens is 1. The summed E-state index contributed by atoms with van der Waals surface area (Å²) in [4.78, 5) is 33.2. The third kappa shape index (κ3) is 3.42. The number of hydrogen-bond donors (Lipinski definition) is 2. The number of aromatic nitrogens is 3. The van der Waals surface area contributed by atoms with Gasteiger partial charge in [-0.25, -0.2) is 9.78 Å². The number of carbonyl (C=O) groups excluding carboxylic acids is 1. The van der Waals surface area contributed by atoms with Crippen molar-refractivity contribution in [1.82, 2.24) is 19.3 Å². The summed E-state index contributed by atoms with van der Waals surface area (Å²) in [6, 6.07) is 9.56. The third-order valence-corrected chi connectivity index (χ3v) is 5.21. The molecule has 0 radical (unpaired) electrons. The van der Waals surface area contributed by atoms with Crippen molar-refractivity contribution in [1.29, 1.82) is 0 Å². The van der Waals surface area contributed by atoms with Crippen LogP contribution >= 0.6 is 15.9 Å². The molecule has 4 rings (SSSR count). The molecule has 1 fully saturated rings. The highest BCUT2D eigenvalue weighted by atomic mass is 79.9. The van der Waals surface area contributed by atoms with Crippen LogP contribution in [0.1, 0.15) is 23.7 Å². The second-order valence-electron chi connectivity index (χ2n) is 6.49. The number of carbonyl (C=O) groups is 1. The maximum absolute atomic E-state index is 12.4. The van der Waals surface area contributed by atoms with Crippen LogP contribution in [-0.4, -0.2) is 38.5 Å². The average molecular weight is 432 g/mol. The van der Waals surface area contributed by atoms with Gasteiger partial charge in [0.1, 0.15) is 28.4 Å². The molecule has 1 atom stereocenters. The summed E-state index contributed by atoms with van der Waals surface area (Å²) in [6.45, 7) is 1.29. The maximum Gasteiger partial charge on any atom is 0.410 e. The van der Waals surface area contributed by atoms with E-state index >= 15 is 0 Å². The molecule has 0 spiro atoms. The monoisotopic (exact) mass is 431 g/mol. The first kappa shape index (κ1) is 17.6. The Balaban J connectivity index is 1.49. The van der Waals surface area contributed by atoms with Gasteiger partial charge < -0.3 is 20.4 Å². The van der Waals surface area contributed by atoms with Crippen LogP contribution in [0.15, 0.2) is 45.9 Å². The molecule has 3 N–H and O–H groups in total. The Morgan fingerprint density at radius 3 is 2.93 bits per heavy atom. The van der Waals surface area contributed by atoms with Crippen molar-refractivity contribution in [3.8, 4) is 0 Å². The van der Waals surface area contributed by atoms with E-state index in [4.69, 9.17) is 10.5 Å². The van der Waals surface area contributed by atoms with Gasteiger partial charge in [-0.15, -0.1) is 0 Å². The minimum Gasteiger partial charge on any atom is -0.445 e. The molecule has 1 aliphatic heterocycles. The predicted molar refractivity (Wildman–Crippen MR) is 103 cm³/mol. The quantitative estimate of drug-likeness (QED) is 0.662. The van der Waals surface area contributed by atoms with Gasteiger partial charge in [0.25, 0.3) is 5.56 Å². The SMILES string of the molecule is Nc1cn2c([C@H]3CCN(C(=O)OCc4ccccc4)C3)nc(Br)c2c(=O)[nH]1. The molecule has 1 amide bonds. The predicted octanol–water partition coefficient (Wildman–Crippen LogP) is 2.49. The van der Waals surface area contributed by atoms with Crippen molar-refractivity contribution in [2.75, 3.05) is 18.8 Å². The summed E-state index contributed by atoms with van der Waals surface area (Å²) in [5.74, 6) is 0.957. The van der Waals surface area contributed by atoms with E-state index in [1.165, 1.54) is 0 Å². The molecule has 9 heteroatoms. The van der Waals surface area contributed by atoms with Gasteiger partial charge in [-0.2, -0.15) is 0 Å². The van der Waals surface area contributed by atoms with Crippen LogP contribution in [0, 0.1) is 0 Å². The maximum atomic E-state index is 12.4. The Hall–Kier alpha value is -2.81. The summed E-state index contributed by atoms with van der Waals surface area (Å²) in [5, 5.41) is 0. The lowest BCUT2D eigenvalue weighted by molar-refractivity contribution is 0.104. The topological polar surface area (TPSA) is 106 Å². The van der Waals surface area contributed by atoms with Gasteiger partial charge in [0.15, 0.2) is 0 Å². The highest BCUT2D eigenvalue weighted by Crippen LogP contribution is 2.29. The molecule has 27 heavy (non-hydrogen) atoms. The lowest BCUT2D eigenvalue weighted by atomic mass is 10.1. The molecule has 0 bridgehead atoms. The fourth-order valence-electron chi connectivity index (χ4n) is 3.35. The van der Waals surface area contributed by atoms with Crippen molar-refractivity contribution in [3.63, 3.8) is 0 Å². The van der Waals surface area contributed by atoms with E-state index in [-0.39, 0.29) is 30.0 Å². The van der Waals surface area contributed by atoms with Crippen LogP contribution in [0.2, 0.25) is 0 Å². The van der Waals surface area contributed by atoms with Crippen molar-refractivity contribution in [2.24, 2.45) is 0 Å². The van der Waals surface area contributed by atoms with Crippen LogP contribution in [0.25, 0.3) is 5.52 Å². The number of hydrogen-bond acceptors (Lipinski definition) is 5. The van der Waals surface area contributed by atoms with E-state index in [0.717, 1.165) is 12.0 Å². The molecule has 1 aromatic carbocycles. The van der Waals surface area contributed by atoms with Gasteiger partial charge in [0, 0.05) is 19.0 Å². The molecule has 1 saturated heterocycles. The summed E-state index contributed by atoms with van der Waals surface area (Å²) in [5.41, 5.74) is 6.81. The van der Waals surface area contributed by atoms with Crippen LogP contribution in [0.4, 0.5) is 10.6 Å². The van der Waals surface area contributed by atoms with Crippen molar-refractivity contribution < 1.29 is 9.53 Å². The Bertz CT molecular complexity index is 1050. The number of rotatable bonds is 3. The summed E-state index contributed by atoms with van der Waals surface area (Å²) in [6.07, 6.45) is 2.03. The molecular weight excluding hydrogens is 414 g/mol. The van der Waals surface area contributed by atoms with E-state index in [0.29, 0.717) is 29.0 Å². The standard InChI is InChI=1S/C18H18BrN5O3/c19-15-14-17(25)21-13(20)9-24(14)16(22-15)12-6-7-23(8-12)18(26)27-10-11-4-2-1-3-5-11/h1-5,9,12H,6-8,10,20H2,(H,21,25)/t12-/m0/s1. The van der Waals surface area contributed by atoms with E-state index in [1.54, 1.807) is 15.5 Å². The number of H-pyrrole nitrogens is 1. The number of nitrogens with two attached hydrogens (primary N) is 1. The largest absolute Gasteiger partial charge is 0.445 e. The van der Waals surface area contributed by atoms with Gasteiger partial charge in [0.05, 0.1) is 6.20 Å². The first-order valence-electron chi connectivity index (χ1n) is 8.55. The Kier molecular flexibility index (Phi) is 4.61. The lowest BCUT2D eigenvalue weighted by Gasteiger charge is -2.16. The molecule has 3 heterocycles. The van der Waals surface area contributed by atoms with E-state index in [9.17, 15) is 9.59 Å². The normalized spacial score (nSPS) is 16.8. The van der Waals surface area contributed by atoms with Gasteiger partial charge in [-0.05, 0) is 27.9 Å². The van der Waals surface area contributed by atoms with Crippen LogP contribution in [-0.2, 0) is 11.3 Å². The smallest absolute Gasteiger partial charge is 0.410 e. The van der Waals surface area contributed by atoms with E-state index in [1.807, 2.05) is 30.3 Å². The van der Waals surface area contributed by atoms with Gasteiger partial charge in [-0.3, -0.25) is 9.20 Å². The minimum absolute atomic E-state index is 0.00530. The van der Waals surface area contributed by atoms with Gasteiger partial charge in [-0.1, -0.05) is 30.3 Å². The number of benzene rings is 1. The number of fused-ring (bicyclic) bond motifs is 1. The summed E-state index contributed by atoms with van der Waals surface area (Å²) < 4.78 is 7.56. The zero-order valence-electron chi connectivity index (χ0n) is 14.4. The molecule has 0 aliphatic carbocycles. The molecule has 3 aromatic rings. The number of nitrogens with one attached hydrogen (secondary N) is 1. The van der Waals surface area contributed by atoms with Crippen molar-refractivity contribution >= 4 is 33.4 Å². The molecular formula is C18H18BrN5O3. The molecule has 1 aliphatic rings. The number of amides is 1. The zero-order chi connectivity index (χ0) is 19.0. The second kappa shape index (κ2) is 7.07. The number of likely N-dealkylation sites (tertiary alicyclic amines) is 1. The molecule has 140 valence electrons. The highest BCUT2D eigenvalue weighted by Gasteiger charge is 2.32. The van der Waals surface area contributed by atoms with Gasteiger partial charge in [0.2, 0.25) is 0 Å². The fraction of sp³-hybridized carbons (Fsp3) is 0.278. The van der Waals surface area contributed by atoms with Crippen LogP contribution in [0.5, 0.6) is 0 Å². The fourth-order valence-corrected chi connectivity index (χ4v) is 3.90. The number of aromatic amines is 1. The van der Waals surface area contributed by atoms with Crippen molar-refractivity contribution in [3.05, 3.63) is 62.9 Å². The van der Waals surface area contributed by atoms with E-state index < -0.39 is 0 Å². The summed E-state index contributed by atoms with van der Waals surface area (Å²) in [7, 11) is 0. The molecule has 0 unspecified atom stereocenters.